The number of methoxy groups -OCH3 is 1. The smallest absolute Gasteiger partial charge is 0.205 e. The molecule has 2 N–H and O–H groups in total. The maximum absolute atomic E-state index is 13.3. The number of benzene rings is 2. The lowest BCUT2D eigenvalue weighted by Crippen LogP contribution is -2.01. The van der Waals surface area contributed by atoms with Crippen LogP contribution >= 0.6 is 15.9 Å². The zero-order valence-electron chi connectivity index (χ0n) is 13.5. The molecule has 7 heteroatoms. The molecule has 0 atom stereocenters. The average molecular weight is 415 g/mol. The molecule has 26 heavy (non-hydrogen) atoms. The zero-order valence-corrected chi connectivity index (χ0v) is 15.1. The van der Waals surface area contributed by atoms with Gasteiger partial charge < -0.3 is 14.8 Å². The minimum absolute atomic E-state index is 0.0758. The summed E-state index contributed by atoms with van der Waals surface area (Å²) in [6, 6.07) is 8.99. The summed E-state index contributed by atoms with van der Waals surface area (Å²) in [7, 11) is 1.40. The van der Waals surface area contributed by atoms with Crippen LogP contribution in [0, 0.1) is 17.1 Å². The minimum Gasteiger partial charge on any atom is -0.503 e. The highest BCUT2D eigenvalue weighted by Crippen LogP contribution is 2.36. The van der Waals surface area contributed by atoms with Gasteiger partial charge in [0.25, 0.3) is 0 Å². The lowest BCUT2D eigenvalue weighted by Gasteiger charge is -2.07. The minimum atomic E-state index is -0.492. The predicted molar refractivity (Wildman–Crippen MR) is 98.5 cm³/mol. The van der Waals surface area contributed by atoms with Gasteiger partial charge in [0.05, 0.1) is 11.6 Å². The molecule has 3 aromatic rings. The average Bonchev–Trinajstić information content (AvgIpc) is 3.04. The Morgan fingerprint density at radius 3 is 2.85 bits per heavy atom. The van der Waals surface area contributed by atoms with E-state index in [1.807, 2.05) is 6.07 Å². The number of nitrogens with one attached hydrogen (secondary N) is 1. The van der Waals surface area contributed by atoms with Crippen molar-refractivity contribution in [3.05, 3.63) is 63.5 Å². The summed E-state index contributed by atoms with van der Waals surface area (Å²) in [6.07, 6.45) is 2.85. The van der Waals surface area contributed by atoms with E-state index in [2.05, 4.69) is 20.9 Å². The third kappa shape index (κ3) is 3.19. The molecule has 0 spiro atoms. The fourth-order valence-corrected chi connectivity index (χ4v) is 3.04. The van der Waals surface area contributed by atoms with Gasteiger partial charge in [-0.1, -0.05) is 0 Å². The molecule has 0 aliphatic rings. The number of phenolic OH excluding ortho intramolecular Hbond substituents is 1. The number of aromatic nitrogens is 1. The Balaban J connectivity index is 2.05. The number of nitrogens with zero attached hydrogens (tertiary/aromatic N) is 1. The molecule has 130 valence electrons. The molecule has 0 radical (unpaired) electrons. The lowest BCUT2D eigenvalue weighted by molar-refractivity contribution is 0.104. The SMILES string of the molecule is COc1cc(/C=C(\C#N)C(=O)c2c[nH]c3cc(F)ccc23)cc(Br)c1O. The molecule has 0 aliphatic carbocycles. The number of halogens is 2. The number of rotatable bonds is 4. The van der Waals surface area contributed by atoms with Crippen LogP contribution in [0.4, 0.5) is 4.39 Å². The van der Waals surface area contributed by atoms with E-state index in [4.69, 9.17) is 4.74 Å². The van der Waals surface area contributed by atoms with E-state index >= 15 is 0 Å². The molecule has 3 rings (SSSR count). The second kappa shape index (κ2) is 7.02. The van der Waals surface area contributed by atoms with Gasteiger partial charge in [0.1, 0.15) is 17.5 Å². The Labute approximate surface area is 156 Å². The first kappa shape index (κ1) is 17.7. The van der Waals surface area contributed by atoms with Crippen molar-refractivity contribution in [3.8, 4) is 17.6 Å². The number of phenols is 1. The summed E-state index contributed by atoms with van der Waals surface area (Å²) < 4.78 is 18.7. The molecule has 0 fully saturated rings. The fourth-order valence-electron chi connectivity index (χ4n) is 2.58. The van der Waals surface area contributed by atoms with Crippen molar-refractivity contribution in [2.45, 2.75) is 0 Å². The quantitative estimate of drug-likeness (QED) is 0.371. The van der Waals surface area contributed by atoms with E-state index in [0.29, 0.717) is 20.9 Å². The number of carbonyl (C=O) groups is 1. The highest BCUT2D eigenvalue weighted by Gasteiger charge is 2.18. The van der Waals surface area contributed by atoms with Gasteiger partial charge in [0.2, 0.25) is 5.78 Å². The number of aromatic amines is 1. The van der Waals surface area contributed by atoms with Crippen LogP contribution < -0.4 is 4.74 Å². The maximum Gasteiger partial charge on any atom is 0.205 e. The number of allylic oxidation sites excluding steroid dienone is 1. The van der Waals surface area contributed by atoms with Crippen molar-refractivity contribution in [2.75, 3.05) is 7.11 Å². The van der Waals surface area contributed by atoms with E-state index in [9.17, 15) is 19.6 Å². The molecule has 0 bridgehead atoms. The van der Waals surface area contributed by atoms with Gasteiger partial charge >= 0.3 is 0 Å². The van der Waals surface area contributed by atoms with Crippen LogP contribution in [-0.2, 0) is 0 Å². The summed E-state index contributed by atoms with van der Waals surface area (Å²) >= 11 is 3.20. The molecule has 5 nitrogen and oxygen atoms in total. The molecule has 0 saturated carbocycles. The van der Waals surface area contributed by atoms with Crippen LogP contribution in [-0.4, -0.2) is 23.0 Å². The first-order chi connectivity index (χ1) is 12.4. The van der Waals surface area contributed by atoms with Crippen LogP contribution in [0.25, 0.3) is 17.0 Å². The number of fused-ring (bicyclic) bond motifs is 1. The molecule has 0 aliphatic heterocycles. The summed E-state index contributed by atoms with van der Waals surface area (Å²) in [5.74, 6) is -0.782. The molecule has 0 unspecified atom stereocenters. The molecule has 2 aromatic carbocycles. The van der Waals surface area contributed by atoms with E-state index in [0.717, 1.165) is 0 Å². The Kier molecular flexibility index (Phi) is 4.78. The molecule has 0 amide bonds. The third-order valence-electron chi connectivity index (χ3n) is 3.84. The van der Waals surface area contributed by atoms with Crippen LogP contribution in [0.3, 0.4) is 0 Å². The predicted octanol–water partition coefficient (Wildman–Crippen LogP) is 4.57. The number of H-pyrrole nitrogens is 1. The van der Waals surface area contributed by atoms with Crippen LogP contribution in [0.1, 0.15) is 15.9 Å². The Morgan fingerprint density at radius 2 is 2.15 bits per heavy atom. The van der Waals surface area contributed by atoms with Gasteiger partial charge in [0, 0.05) is 22.7 Å². The van der Waals surface area contributed by atoms with Crippen molar-refractivity contribution in [2.24, 2.45) is 0 Å². The van der Waals surface area contributed by atoms with Crippen LogP contribution in [0.5, 0.6) is 11.5 Å². The van der Waals surface area contributed by atoms with Crippen LogP contribution in [0.15, 0.2) is 46.6 Å². The molecular formula is C19H12BrFN2O3. The highest BCUT2D eigenvalue weighted by molar-refractivity contribution is 9.10. The van der Waals surface area contributed by atoms with Crippen molar-refractivity contribution in [1.82, 2.24) is 4.98 Å². The van der Waals surface area contributed by atoms with Crippen molar-refractivity contribution < 1.29 is 19.0 Å². The summed E-state index contributed by atoms with van der Waals surface area (Å²) in [4.78, 5) is 15.6. The number of ether oxygens (including phenoxy) is 1. The molecule has 1 aromatic heterocycles. The Bertz CT molecular complexity index is 1100. The van der Waals surface area contributed by atoms with Gasteiger partial charge in [0.15, 0.2) is 11.5 Å². The fraction of sp³-hybridized carbons (Fsp3) is 0.0526. The van der Waals surface area contributed by atoms with E-state index < -0.39 is 11.6 Å². The number of ketones is 1. The van der Waals surface area contributed by atoms with Crippen molar-refractivity contribution in [3.63, 3.8) is 0 Å². The normalized spacial score (nSPS) is 11.4. The summed E-state index contributed by atoms with van der Waals surface area (Å²) in [5.41, 5.74) is 1.15. The van der Waals surface area contributed by atoms with Gasteiger partial charge in [-0.25, -0.2) is 4.39 Å². The highest BCUT2D eigenvalue weighted by atomic mass is 79.9. The van der Waals surface area contributed by atoms with E-state index in [1.165, 1.54) is 43.6 Å². The summed E-state index contributed by atoms with van der Waals surface area (Å²) in [5, 5.41) is 19.8. The lowest BCUT2D eigenvalue weighted by atomic mass is 10.0. The van der Waals surface area contributed by atoms with Gasteiger partial charge in [-0.2, -0.15) is 5.26 Å². The van der Waals surface area contributed by atoms with Crippen LogP contribution in [0.2, 0.25) is 0 Å². The first-order valence-corrected chi connectivity index (χ1v) is 8.23. The number of hydrogen-bond donors (Lipinski definition) is 2. The first-order valence-electron chi connectivity index (χ1n) is 7.44. The van der Waals surface area contributed by atoms with E-state index in [-0.39, 0.29) is 22.6 Å². The second-order valence-electron chi connectivity index (χ2n) is 5.44. The molecule has 1 heterocycles. The number of aromatic hydroxyl groups is 1. The topological polar surface area (TPSA) is 86.1 Å². The van der Waals surface area contributed by atoms with Gasteiger partial charge in [-0.05, 0) is 57.9 Å². The number of hydrogen-bond acceptors (Lipinski definition) is 4. The van der Waals surface area contributed by atoms with Crippen molar-refractivity contribution in [1.29, 1.82) is 5.26 Å². The van der Waals surface area contributed by atoms with Gasteiger partial charge in [-0.3, -0.25) is 4.79 Å². The molecular weight excluding hydrogens is 403 g/mol. The zero-order chi connectivity index (χ0) is 18.8. The Hall–Kier alpha value is -3.11. The largest absolute Gasteiger partial charge is 0.503 e. The monoisotopic (exact) mass is 414 g/mol. The Morgan fingerprint density at radius 1 is 1.38 bits per heavy atom. The second-order valence-corrected chi connectivity index (χ2v) is 6.30. The van der Waals surface area contributed by atoms with Crippen molar-refractivity contribution >= 4 is 38.7 Å². The summed E-state index contributed by atoms with van der Waals surface area (Å²) in [6.45, 7) is 0. The number of Topliss-reactive ketones (excluding diaryl/α,β-unsaturated/α-hetero) is 1. The third-order valence-corrected chi connectivity index (χ3v) is 4.44. The van der Waals surface area contributed by atoms with E-state index in [1.54, 1.807) is 6.07 Å². The maximum atomic E-state index is 13.3. The molecule has 0 saturated heterocycles. The van der Waals surface area contributed by atoms with Gasteiger partial charge in [-0.15, -0.1) is 0 Å². The number of nitriles is 1. The standard InChI is InChI=1S/C19H12BrFN2O3/c1-26-17-6-10(5-15(20)19(17)25)4-11(8-22)18(24)14-9-23-16-7-12(21)2-3-13(14)16/h2-7,9,23,25H,1H3/b11-4+. The number of carbonyl (C=O) groups excluding carboxylic acids is 1.